The Bertz CT molecular complexity index is 1270. The molecule has 0 N–H and O–H groups in total. The number of nitrogens with zero attached hydrogens (tertiary/aromatic N) is 3. The van der Waals surface area contributed by atoms with Gasteiger partial charge in [-0.05, 0) is 48.9 Å². The third-order valence-corrected chi connectivity index (χ3v) is 5.12. The minimum absolute atomic E-state index is 0.0967. The number of benzene rings is 2. The van der Waals surface area contributed by atoms with Crippen LogP contribution in [0.2, 0.25) is 5.02 Å². The highest BCUT2D eigenvalue weighted by molar-refractivity contribution is 6.30. The predicted octanol–water partition coefficient (Wildman–Crippen LogP) is 6.06. The first-order chi connectivity index (χ1) is 14.7. The van der Waals surface area contributed by atoms with Crippen molar-refractivity contribution in [1.29, 1.82) is 0 Å². The summed E-state index contributed by atoms with van der Waals surface area (Å²) in [6.07, 6.45) is -4.64. The predicted molar refractivity (Wildman–Crippen MR) is 112 cm³/mol. The number of halogens is 4. The molecule has 4 rings (SSSR count). The number of aryl methyl sites for hydroxylation is 1. The van der Waals surface area contributed by atoms with Crippen molar-refractivity contribution < 1.29 is 22.6 Å². The molecule has 0 fully saturated rings. The molecule has 160 valence electrons. The summed E-state index contributed by atoms with van der Waals surface area (Å²) in [6, 6.07) is 12.6. The van der Waals surface area contributed by atoms with Gasteiger partial charge in [-0.2, -0.15) is 18.3 Å². The van der Waals surface area contributed by atoms with Crippen LogP contribution in [0.3, 0.4) is 0 Å². The van der Waals surface area contributed by atoms with E-state index in [4.69, 9.17) is 21.1 Å². The van der Waals surface area contributed by atoms with Gasteiger partial charge < -0.3 is 9.47 Å². The van der Waals surface area contributed by atoms with Crippen molar-refractivity contribution in [2.45, 2.75) is 13.1 Å². The van der Waals surface area contributed by atoms with Gasteiger partial charge in [0.05, 0.1) is 25.6 Å². The summed E-state index contributed by atoms with van der Waals surface area (Å²) >= 11 is 5.97. The minimum atomic E-state index is -4.64. The molecule has 4 aromatic rings. The molecule has 0 aliphatic carbocycles. The van der Waals surface area contributed by atoms with Gasteiger partial charge in [0.25, 0.3) is 0 Å². The molecule has 31 heavy (non-hydrogen) atoms. The second-order valence-electron chi connectivity index (χ2n) is 6.80. The van der Waals surface area contributed by atoms with E-state index < -0.39 is 11.9 Å². The Morgan fingerprint density at radius 2 is 1.55 bits per heavy atom. The average molecular weight is 448 g/mol. The fourth-order valence-corrected chi connectivity index (χ4v) is 3.55. The Labute approximate surface area is 181 Å². The standard InChI is InChI=1S/C22H17ClF3N3O2/c1-12-20(13-4-7-15(23)8-5-13)21-27-16(11-19(22(24,25)26)29(21)28-12)14-6-9-17(30-2)18(10-14)31-3/h4-11H,1-3H3. The van der Waals surface area contributed by atoms with Crippen LogP contribution in [-0.2, 0) is 6.18 Å². The van der Waals surface area contributed by atoms with E-state index in [1.165, 1.54) is 14.2 Å². The molecule has 0 aliphatic rings. The van der Waals surface area contributed by atoms with E-state index in [1.807, 2.05) is 0 Å². The van der Waals surface area contributed by atoms with Crippen molar-refractivity contribution in [1.82, 2.24) is 14.6 Å². The second-order valence-corrected chi connectivity index (χ2v) is 7.23. The second kappa shape index (κ2) is 7.77. The Morgan fingerprint density at radius 1 is 0.903 bits per heavy atom. The van der Waals surface area contributed by atoms with Crippen molar-refractivity contribution >= 4 is 17.2 Å². The zero-order valence-corrected chi connectivity index (χ0v) is 17.5. The molecule has 2 aromatic heterocycles. The molecule has 9 heteroatoms. The molecular formula is C22H17ClF3N3O2. The van der Waals surface area contributed by atoms with E-state index in [2.05, 4.69) is 10.1 Å². The van der Waals surface area contributed by atoms with E-state index in [9.17, 15) is 13.2 Å². The van der Waals surface area contributed by atoms with Crippen LogP contribution in [0.4, 0.5) is 13.2 Å². The van der Waals surface area contributed by atoms with E-state index in [-0.39, 0.29) is 11.3 Å². The number of alkyl halides is 3. The molecule has 2 aromatic carbocycles. The normalized spacial score (nSPS) is 11.7. The number of rotatable bonds is 4. The lowest BCUT2D eigenvalue weighted by atomic mass is 10.1. The van der Waals surface area contributed by atoms with Gasteiger partial charge in [0.2, 0.25) is 0 Å². The Morgan fingerprint density at radius 3 is 2.16 bits per heavy atom. The molecular weight excluding hydrogens is 431 g/mol. The maximum Gasteiger partial charge on any atom is 0.433 e. The van der Waals surface area contributed by atoms with Gasteiger partial charge in [-0.25, -0.2) is 9.50 Å². The SMILES string of the molecule is COc1ccc(-c2cc(C(F)(F)F)n3nc(C)c(-c4ccc(Cl)cc4)c3n2)cc1OC. The number of hydrogen-bond acceptors (Lipinski definition) is 4. The lowest BCUT2D eigenvalue weighted by Crippen LogP contribution is -2.13. The van der Waals surface area contributed by atoms with Gasteiger partial charge in [-0.3, -0.25) is 0 Å². The van der Waals surface area contributed by atoms with Gasteiger partial charge in [0.15, 0.2) is 22.8 Å². The minimum Gasteiger partial charge on any atom is -0.493 e. The smallest absolute Gasteiger partial charge is 0.433 e. The van der Waals surface area contributed by atoms with Gasteiger partial charge in [0, 0.05) is 16.1 Å². The zero-order chi connectivity index (χ0) is 22.3. The van der Waals surface area contributed by atoms with Crippen LogP contribution in [0, 0.1) is 6.92 Å². The van der Waals surface area contributed by atoms with E-state index >= 15 is 0 Å². The summed E-state index contributed by atoms with van der Waals surface area (Å²) in [5, 5.41) is 4.65. The van der Waals surface area contributed by atoms with Crippen molar-refractivity contribution in [2.75, 3.05) is 14.2 Å². The summed E-state index contributed by atoms with van der Waals surface area (Å²) < 4.78 is 53.1. The fourth-order valence-electron chi connectivity index (χ4n) is 3.42. The summed E-state index contributed by atoms with van der Waals surface area (Å²) in [5.41, 5.74) is 1.35. The molecule has 5 nitrogen and oxygen atoms in total. The maximum atomic E-state index is 13.9. The van der Waals surface area contributed by atoms with Crippen LogP contribution < -0.4 is 9.47 Å². The largest absolute Gasteiger partial charge is 0.493 e. The monoisotopic (exact) mass is 447 g/mol. The topological polar surface area (TPSA) is 48.7 Å². The van der Waals surface area contributed by atoms with E-state index in [1.54, 1.807) is 49.4 Å². The van der Waals surface area contributed by atoms with Crippen LogP contribution >= 0.6 is 11.6 Å². The zero-order valence-electron chi connectivity index (χ0n) is 16.8. The fraction of sp³-hybridized carbons (Fsp3) is 0.182. The van der Waals surface area contributed by atoms with Gasteiger partial charge in [-0.1, -0.05) is 23.7 Å². The summed E-state index contributed by atoms with van der Waals surface area (Å²) in [5.74, 6) is 0.850. The highest BCUT2D eigenvalue weighted by Gasteiger charge is 2.36. The molecule has 2 heterocycles. The number of ether oxygens (including phenoxy) is 2. The third kappa shape index (κ3) is 3.79. The molecule has 0 amide bonds. The van der Waals surface area contributed by atoms with Crippen molar-refractivity contribution in [3.8, 4) is 33.9 Å². The molecule has 0 bridgehead atoms. The van der Waals surface area contributed by atoms with Gasteiger partial charge in [-0.15, -0.1) is 0 Å². The molecule has 0 saturated heterocycles. The Balaban J connectivity index is 2.02. The summed E-state index contributed by atoms with van der Waals surface area (Å²) in [7, 11) is 2.94. The third-order valence-electron chi connectivity index (χ3n) is 4.87. The number of fused-ring (bicyclic) bond motifs is 1. The summed E-state index contributed by atoms with van der Waals surface area (Å²) in [4.78, 5) is 4.54. The molecule has 0 saturated carbocycles. The van der Waals surface area contributed by atoms with Gasteiger partial charge in [0.1, 0.15) is 0 Å². The van der Waals surface area contributed by atoms with Crippen LogP contribution in [0.5, 0.6) is 11.5 Å². The first kappa shape index (κ1) is 21.0. The molecule has 0 unspecified atom stereocenters. The molecule has 0 spiro atoms. The van der Waals surface area contributed by atoms with E-state index in [0.29, 0.717) is 38.9 Å². The quantitative estimate of drug-likeness (QED) is 0.381. The van der Waals surface area contributed by atoms with Crippen LogP contribution in [0.25, 0.3) is 28.0 Å². The average Bonchev–Trinajstić information content (AvgIpc) is 3.08. The number of hydrogen-bond donors (Lipinski definition) is 0. The highest BCUT2D eigenvalue weighted by Crippen LogP contribution is 2.38. The first-order valence-electron chi connectivity index (χ1n) is 9.19. The lowest BCUT2D eigenvalue weighted by molar-refractivity contribution is -0.142. The van der Waals surface area contributed by atoms with Crippen molar-refractivity contribution in [3.05, 3.63) is 64.9 Å². The van der Waals surface area contributed by atoms with Crippen LogP contribution in [0.1, 0.15) is 11.4 Å². The van der Waals surface area contributed by atoms with Crippen LogP contribution in [-0.4, -0.2) is 28.8 Å². The molecule has 0 aliphatic heterocycles. The highest BCUT2D eigenvalue weighted by atomic mass is 35.5. The molecule has 0 atom stereocenters. The Hall–Kier alpha value is -3.26. The van der Waals surface area contributed by atoms with Crippen LogP contribution in [0.15, 0.2) is 48.5 Å². The number of aromatic nitrogens is 3. The lowest BCUT2D eigenvalue weighted by Gasteiger charge is -2.13. The molecule has 0 radical (unpaired) electrons. The van der Waals surface area contributed by atoms with E-state index in [0.717, 1.165) is 10.6 Å². The maximum absolute atomic E-state index is 13.9. The summed E-state index contributed by atoms with van der Waals surface area (Å²) in [6.45, 7) is 1.65. The Kier molecular flexibility index (Phi) is 5.26. The van der Waals surface area contributed by atoms with Crippen molar-refractivity contribution in [3.63, 3.8) is 0 Å². The van der Waals surface area contributed by atoms with Crippen molar-refractivity contribution in [2.24, 2.45) is 0 Å². The number of methoxy groups -OCH3 is 2. The first-order valence-corrected chi connectivity index (χ1v) is 9.56. The van der Waals surface area contributed by atoms with Gasteiger partial charge >= 0.3 is 6.18 Å².